The molecule has 0 saturated carbocycles. The van der Waals surface area contributed by atoms with Gasteiger partial charge >= 0.3 is 0 Å². The van der Waals surface area contributed by atoms with E-state index in [1.54, 1.807) is 0 Å². The van der Waals surface area contributed by atoms with Gasteiger partial charge in [0.05, 0.1) is 6.04 Å². The summed E-state index contributed by atoms with van der Waals surface area (Å²) in [6, 6.07) is 7.47. The van der Waals surface area contributed by atoms with Crippen LogP contribution in [0.5, 0.6) is 0 Å². The standard InChI is InChI=1S/C13H16ClN3O.ClH/c1-3-7-15-9(2)13-16-12(17-18-13)10-5-4-6-11(14)8-10;/h4-6,8-9,15H,3,7H2,1-2H3;1H. The molecule has 2 aromatic rings. The first-order chi connectivity index (χ1) is 8.70. The molecule has 0 aliphatic carbocycles. The first-order valence-corrected chi connectivity index (χ1v) is 6.41. The minimum Gasteiger partial charge on any atom is -0.337 e. The lowest BCUT2D eigenvalue weighted by molar-refractivity contribution is 0.340. The Morgan fingerprint density at radius 1 is 1.42 bits per heavy atom. The summed E-state index contributed by atoms with van der Waals surface area (Å²) in [6.45, 7) is 5.05. The van der Waals surface area contributed by atoms with Gasteiger partial charge in [0.1, 0.15) is 0 Å². The van der Waals surface area contributed by atoms with Crippen molar-refractivity contribution in [3.05, 3.63) is 35.2 Å². The van der Waals surface area contributed by atoms with E-state index in [9.17, 15) is 0 Å². The second-order valence-electron chi connectivity index (χ2n) is 4.14. The van der Waals surface area contributed by atoms with Crippen LogP contribution in [0.3, 0.4) is 0 Å². The Morgan fingerprint density at radius 2 is 2.21 bits per heavy atom. The van der Waals surface area contributed by atoms with Crippen molar-refractivity contribution in [1.29, 1.82) is 0 Å². The molecular formula is C13H17Cl2N3O. The molecule has 0 aliphatic rings. The summed E-state index contributed by atoms with van der Waals surface area (Å²) in [6.07, 6.45) is 1.07. The number of nitrogens with one attached hydrogen (secondary N) is 1. The highest BCUT2D eigenvalue weighted by atomic mass is 35.5. The third-order valence-electron chi connectivity index (χ3n) is 2.60. The number of benzene rings is 1. The van der Waals surface area contributed by atoms with Crippen LogP contribution in [-0.2, 0) is 0 Å². The summed E-state index contributed by atoms with van der Waals surface area (Å²) >= 11 is 5.93. The summed E-state index contributed by atoms with van der Waals surface area (Å²) in [5.41, 5.74) is 0.861. The highest BCUT2D eigenvalue weighted by Gasteiger charge is 2.14. The average Bonchev–Trinajstić information content (AvgIpc) is 2.85. The van der Waals surface area contributed by atoms with Crippen molar-refractivity contribution in [3.63, 3.8) is 0 Å². The molecule has 0 amide bonds. The highest BCUT2D eigenvalue weighted by Crippen LogP contribution is 2.21. The lowest BCUT2D eigenvalue weighted by atomic mass is 10.2. The van der Waals surface area contributed by atoms with Crippen molar-refractivity contribution in [1.82, 2.24) is 15.5 Å². The van der Waals surface area contributed by atoms with Gasteiger partial charge in [-0.2, -0.15) is 4.98 Å². The Bertz CT molecular complexity index is 516. The first-order valence-electron chi connectivity index (χ1n) is 6.03. The van der Waals surface area contributed by atoms with Crippen molar-refractivity contribution >= 4 is 24.0 Å². The van der Waals surface area contributed by atoms with E-state index >= 15 is 0 Å². The molecule has 4 nitrogen and oxygen atoms in total. The van der Waals surface area contributed by atoms with Crippen molar-refractivity contribution in [2.24, 2.45) is 0 Å². The Balaban J connectivity index is 0.00000180. The molecule has 1 unspecified atom stereocenters. The molecule has 1 atom stereocenters. The summed E-state index contributed by atoms with van der Waals surface area (Å²) in [5.74, 6) is 1.16. The summed E-state index contributed by atoms with van der Waals surface area (Å²) in [7, 11) is 0. The van der Waals surface area contributed by atoms with Gasteiger partial charge in [-0.3, -0.25) is 0 Å². The third kappa shape index (κ3) is 4.20. The van der Waals surface area contributed by atoms with E-state index in [2.05, 4.69) is 22.4 Å². The zero-order valence-electron chi connectivity index (χ0n) is 10.9. The van der Waals surface area contributed by atoms with Crippen molar-refractivity contribution in [2.45, 2.75) is 26.3 Å². The van der Waals surface area contributed by atoms with Crippen LogP contribution in [0.15, 0.2) is 28.8 Å². The van der Waals surface area contributed by atoms with E-state index < -0.39 is 0 Å². The van der Waals surface area contributed by atoms with Crippen molar-refractivity contribution in [2.75, 3.05) is 6.54 Å². The van der Waals surface area contributed by atoms with Gasteiger partial charge in [0.25, 0.3) is 0 Å². The second-order valence-corrected chi connectivity index (χ2v) is 4.58. The van der Waals surface area contributed by atoms with Crippen LogP contribution in [0.25, 0.3) is 11.4 Å². The lowest BCUT2D eigenvalue weighted by Gasteiger charge is -2.06. The Hall–Kier alpha value is -1.10. The topological polar surface area (TPSA) is 51.0 Å². The minimum absolute atomic E-state index is 0. The van der Waals surface area contributed by atoms with Crippen LogP contribution in [0, 0.1) is 0 Å². The van der Waals surface area contributed by atoms with E-state index in [1.165, 1.54) is 0 Å². The maximum absolute atomic E-state index is 5.93. The summed E-state index contributed by atoms with van der Waals surface area (Å²) in [4.78, 5) is 4.38. The molecule has 0 saturated heterocycles. The maximum Gasteiger partial charge on any atom is 0.243 e. The van der Waals surface area contributed by atoms with Gasteiger partial charge in [-0.1, -0.05) is 35.8 Å². The number of halogens is 2. The predicted octanol–water partition coefficient (Wildman–Crippen LogP) is 3.87. The van der Waals surface area contributed by atoms with Crippen molar-refractivity contribution in [3.8, 4) is 11.4 Å². The number of aromatic nitrogens is 2. The smallest absolute Gasteiger partial charge is 0.243 e. The number of nitrogens with zero attached hydrogens (tertiary/aromatic N) is 2. The quantitative estimate of drug-likeness (QED) is 0.911. The molecule has 1 aromatic carbocycles. The predicted molar refractivity (Wildman–Crippen MR) is 78.7 cm³/mol. The fraction of sp³-hybridized carbons (Fsp3) is 0.385. The molecule has 0 fully saturated rings. The normalized spacial score (nSPS) is 11.9. The van der Waals surface area contributed by atoms with Crippen LogP contribution in [0.4, 0.5) is 0 Å². The van der Waals surface area contributed by atoms with E-state index in [-0.39, 0.29) is 18.4 Å². The number of rotatable bonds is 5. The van der Waals surface area contributed by atoms with Gasteiger partial charge in [-0.25, -0.2) is 0 Å². The van der Waals surface area contributed by atoms with Crippen LogP contribution >= 0.6 is 24.0 Å². The van der Waals surface area contributed by atoms with Gasteiger partial charge in [-0.15, -0.1) is 12.4 Å². The molecular weight excluding hydrogens is 285 g/mol. The molecule has 1 aromatic heterocycles. The molecule has 104 valence electrons. The highest BCUT2D eigenvalue weighted by molar-refractivity contribution is 6.30. The van der Waals surface area contributed by atoms with Crippen LogP contribution in [0.1, 0.15) is 32.2 Å². The monoisotopic (exact) mass is 301 g/mol. The third-order valence-corrected chi connectivity index (χ3v) is 2.83. The summed E-state index contributed by atoms with van der Waals surface area (Å²) in [5, 5.41) is 7.94. The molecule has 0 radical (unpaired) electrons. The Morgan fingerprint density at radius 3 is 2.89 bits per heavy atom. The van der Waals surface area contributed by atoms with E-state index in [0.717, 1.165) is 18.5 Å². The molecule has 1 heterocycles. The average molecular weight is 302 g/mol. The largest absolute Gasteiger partial charge is 0.337 e. The Kier molecular flexibility index (Phi) is 6.28. The molecule has 2 rings (SSSR count). The van der Waals surface area contributed by atoms with Crippen LogP contribution in [0.2, 0.25) is 5.02 Å². The van der Waals surface area contributed by atoms with Gasteiger partial charge in [0.2, 0.25) is 11.7 Å². The Labute approximate surface area is 124 Å². The first kappa shape index (κ1) is 16.0. The van der Waals surface area contributed by atoms with Gasteiger partial charge in [0, 0.05) is 10.6 Å². The van der Waals surface area contributed by atoms with E-state index in [0.29, 0.717) is 16.7 Å². The van der Waals surface area contributed by atoms with Crippen LogP contribution in [-0.4, -0.2) is 16.7 Å². The van der Waals surface area contributed by atoms with Gasteiger partial charge in [0.15, 0.2) is 0 Å². The van der Waals surface area contributed by atoms with Crippen molar-refractivity contribution < 1.29 is 4.52 Å². The van der Waals surface area contributed by atoms with Crippen LogP contribution < -0.4 is 5.32 Å². The molecule has 0 bridgehead atoms. The molecule has 0 spiro atoms. The molecule has 0 aliphatic heterocycles. The summed E-state index contributed by atoms with van der Waals surface area (Å²) < 4.78 is 5.25. The fourth-order valence-corrected chi connectivity index (χ4v) is 1.79. The minimum atomic E-state index is 0. The molecule has 6 heteroatoms. The van der Waals surface area contributed by atoms with E-state index in [4.69, 9.17) is 16.1 Å². The number of hydrogen-bond donors (Lipinski definition) is 1. The fourth-order valence-electron chi connectivity index (χ4n) is 1.60. The molecule has 19 heavy (non-hydrogen) atoms. The zero-order chi connectivity index (χ0) is 13.0. The van der Waals surface area contributed by atoms with Gasteiger partial charge < -0.3 is 9.84 Å². The SMILES string of the molecule is CCCNC(C)c1nc(-c2cccc(Cl)c2)no1.Cl. The molecule has 1 N–H and O–H groups in total. The lowest BCUT2D eigenvalue weighted by Crippen LogP contribution is -2.19. The maximum atomic E-state index is 5.93. The second kappa shape index (κ2) is 7.48. The van der Waals surface area contributed by atoms with E-state index in [1.807, 2.05) is 31.2 Å². The number of hydrogen-bond acceptors (Lipinski definition) is 4. The van der Waals surface area contributed by atoms with Gasteiger partial charge in [-0.05, 0) is 32.0 Å². The zero-order valence-corrected chi connectivity index (χ0v) is 12.5.